The minimum atomic E-state index is 0.156. The molecule has 0 radical (unpaired) electrons. The van der Waals surface area contributed by atoms with E-state index >= 15 is 0 Å². The van der Waals surface area contributed by atoms with E-state index in [1.165, 1.54) is 32.1 Å². The topological polar surface area (TPSA) is 17.1 Å². The summed E-state index contributed by atoms with van der Waals surface area (Å²) >= 11 is 1.56. The fourth-order valence-electron chi connectivity index (χ4n) is 2.28. The fraction of sp³-hybridized carbons (Fsp3) is 0.889. The Labute approximate surface area is 71.9 Å². The first kappa shape index (κ1) is 7.66. The number of carbonyl (C=O) groups excluding carboxylic acids is 1. The lowest BCUT2D eigenvalue weighted by Crippen LogP contribution is -2.27. The van der Waals surface area contributed by atoms with Crippen molar-refractivity contribution in [3.05, 3.63) is 0 Å². The van der Waals surface area contributed by atoms with Gasteiger partial charge in [0.2, 0.25) is 0 Å². The van der Waals surface area contributed by atoms with Crippen molar-refractivity contribution in [3.8, 4) is 0 Å². The zero-order valence-electron chi connectivity index (χ0n) is 6.77. The normalized spacial score (nSPS) is 29.6. The Morgan fingerprint density at radius 2 is 1.82 bits per heavy atom. The van der Waals surface area contributed by atoms with E-state index < -0.39 is 0 Å². The van der Waals surface area contributed by atoms with Gasteiger partial charge in [-0.3, -0.25) is 4.79 Å². The molecule has 1 saturated heterocycles. The van der Waals surface area contributed by atoms with Crippen LogP contribution in [0.25, 0.3) is 0 Å². The van der Waals surface area contributed by atoms with Crippen molar-refractivity contribution in [2.24, 2.45) is 5.41 Å². The van der Waals surface area contributed by atoms with Crippen molar-refractivity contribution in [3.63, 3.8) is 0 Å². The number of thioether (sulfide) groups is 1. The predicted molar refractivity (Wildman–Crippen MR) is 47.6 cm³/mol. The van der Waals surface area contributed by atoms with E-state index in [4.69, 9.17) is 0 Å². The Hall–Kier alpha value is 0.0200. The van der Waals surface area contributed by atoms with Gasteiger partial charge in [0.1, 0.15) is 0 Å². The van der Waals surface area contributed by atoms with Gasteiger partial charge >= 0.3 is 0 Å². The van der Waals surface area contributed by atoms with E-state index in [2.05, 4.69) is 0 Å². The summed E-state index contributed by atoms with van der Waals surface area (Å²) < 4.78 is 0. The third-order valence-corrected chi connectivity index (χ3v) is 4.16. The van der Waals surface area contributed by atoms with Gasteiger partial charge in [-0.1, -0.05) is 31.0 Å². The van der Waals surface area contributed by atoms with E-state index in [0.717, 1.165) is 12.2 Å². The molecular weight excluding hydrogens is 156 g/mol. The molecule has 2 aliphatic rings. The van der Waals surface area contributed by atoms with Crippen LogP contribution in [0.5, 0.6) is 0 Å². The summed E-state index contributed by atoms with van der Waals surface area (Å²) in [5.74, 6) is 1.08. The number of hydrogen-bond acceptors (Lipinski definition) is 2. The molecular formula is C9H14OS. The van der Waals surface area contributed by atoms with Crippen LogP contribution in [0.2, 0.25) is 0 Å². The number of carbonyl (C=O) groups is 1. The van der Waals surface area contributed by atoms with Crippen LogP contribution in [0, 0.1) is 5.41 Å². The molecule has 0 bridgehead atoms. The molecule has 0 amide bonds. The largest absolute Gasteiger partial charge is 0.287 e. The summed E-state index contributed by atoms with van der Waals surface area (Å²) in [7, 11) is 0. The van der Waals surface area contributed by atoms with Gasteiger partial charge in [-0.05, 0) is 19.3 Å². The first-order valence-electron chi connectivity index (χ1n) is 4.51. The quantitative estimate of drug-likeness (QED) is 0.556. The molecule has 2 fully saturated rings. The molecule has 0 aromatic heterocycles. The maximum absolute atomic E-state index is 11.5. The second kappa shape index (κ2) is 2.81. The molecule has 1 heterocycles. The van der Waals surface area contributed by atoms with Crippen molar-refractivity contribution >= 4 is 16.9 Å². The van der Waals surface area contributed by atoms with E-state index in [9.17, 15) is 4.79 Å². The van der Waals surface area contributed by atoms with E-state index in [1.807, 2.05) is 0 Å². The average Bonchev–Trinajstić information content (AvgIpc) is 2.36. The van der Waals surface area contributed by atoms with Gasteiger partial charge in [-0.2, -0.15) is 0 Å². The third-order valence-electron chi connectivity index (χ3n) is 3.06. The van der Waals surface area contributed by atoms with Gasteiger partial charge < -0.3 is 0 Å². The maximum Gasteiger partial charge on any atom is 0.195 e. The van der Waals surface area contributed by atoms with Crippen LogP contribution in [0.3, 0.4) is 0 Å². The van der Waals surface area contributed by atoms with Gasteiger partial charge in [0.15, 0.2) is 5.12 Å². The maximum atomic E-state index is 11.5. The average molecular weight is 170 g/mol. The van der Waals surface area contributed by atoms with Crippen LogP contribution in [-0.2, 0) is 4.79 Å². The van der Waals surface area contributed by atoms with E-state index in [0.29, 0.717) is 5.12 Å². The van der Waals surface area contributed by atoms with Crippen LogP contribution in [-0.4, -0.2) is 10.9 Å². The lowest BCUT2D eigenvalue weighted by atomic mass is 9.73. The summed E-state index contributed by atoms with van der Waals surface area (Å²) in [6.45, 7) is 0. The zero-order valence-corrected chi connectivity index (χ0v) is 7.58. The van der Waals surface area contributed by atoms with Gasteiger partial charge in [-0.15, -0.1) is 0 Å². The first-order chi connectivity index (χ1) is 5.33. The Kier molecular flexibility index (Phi) is 1.96. The van der Waals surface area contributed by atoms with Gasteiger partial charge in [0, 0.05) is 11.2 Å². The molecule has 0 unspecified atom stereocenters. The summed E-state index contributed by atoms with van der Waals surface area (Å²) in [5, 5.41) is 0.497. The predicted octanol–water partition coefficient (Wildman–Crippen LogP) is 2.60. The summed E-state index contributed by atoms with van der Waals surface area (Å²) in [6.07, 6.45) is 7.44. The van der Waals surface area contributed by atoms with Crippen LogP contribution < -0.4 is 0 Å². The van der Waals surface area contributed by atoms with Crippen molar-refractivity contribution in [1.82, 2.24) is 0 Å². The molecule has 2 heteroatoms. The molecule has 0 atom stereocenters. The highest BCUT2D eigenvalue weighted by Gasteiger charge is 2.42. The molecule has 1 saturated carbocycles. The van der Waals surface area contributed by atoms with E-state index in [1.54, 1.807) is 11.8 Å². The highest BCUT2D eigenvalue weighted by molar-refractivity contribution is 8.14. The first-order valence-corrected chi connectivity index (χ1v) is 5.49. The molecule has 2 rings (SSSR count). The second-order valence-corrected chi connectivity index (χ2v) is 4.79. The standard InChI is InChI=1S/C9H14OS/c10-8-9(6-7-11-8)4-2-1-3-5-9/h1-7H2. The number of rotatable bonds is 0. The van der Waals surface area contributed by atoms with Crippen molar-refractivity contribution < 1.29 is 4.79 Å². The fourth-order valence-corrected chi connectivity index (χ4v) is 3.57. The molecule has 1 spiro atoms. The Bertz CT molecular complexity index is 170. The van der Waals surface area contributed by atoms with Crippen LogP contribution in [0.1, 0.15) is 38.5 Å². The molecule has 1 aliphatic carbocycles. The van der Waals surface area contributed by atoms with Crippen molar-refractivity contribution in [2.45, 2.75) is 38.5 Å². The van der Waals surface area contributed by atoms with Crippen molar-refractivity contribution in [2.75, 3.05) is 5.75 Å². The molecule has 0 aromatic carbocycles. The Morgan fingerprint density at radius 1 is 1.09 bits per heavy atom. The monoisotopic (exact) mass is 170 g/mol. The SMILES string of the molecule is O=C1SCCC12CCCCC2. The van der Waals surface area contributed by atoms with Crippen molar-refractivity contribution in [1.29, 1.82) is 0 Å². The van der Waals surface area contributed by atoms with Gasteiger partial charge in [0.25, 0.3) is 0 Å². The molecule has 0 aromatic rings. The molecule has 11 heavy (non-hydrogen) atoms. The van der Waals surface area contributed by atoms with Gasteiger partial charge in [-0.25, -0.2) is 0 Å². The highest BCUT2D eigenvalue weighted by Crippen LogP contribution is 2.47. The van der Waals surface area contributed by atoms with E-state index in [-0.39, 0.29) is 5.41 Å². The smallest absolute Gasteiger partial charge is 0.195 e. The van der Waals surface area contributed by atoms with Crippen LogP contribution >= 0.6 is 11.8 Å². The van der Waals surface area contributed by atoms with Crippen LogP contribution in [0.15, 0.2) is 0 Å². The lowest BCUT2D eigenvalue weighted by Gasteiger charge is -2.30. The van der Waals surface area contributed by atoms with Gasteiger partial charge in [0.05, 0.1) is 0 Å². The summed E-state index contributed by atoms with van der Waals surface area (Å²) in [4.78, 5) is 11.5. The molecule has 1 nitrogen and oxygen atoms in total. The number of hydrogen-bond donors (Lipinski definition) is 0. The minimum Gasteiger partial charge on any atom is -0.287 e. The van der Waals surface area contributed by atoms with Crippen LogP contribution in [0.4, 0.5) is 0 Å². The Morgan fingerprint density at radius 3 is 2.36 bits per heavy atom. The summed E-state index contributed by atoms with van der Waals surface area (Å²) in [6, 6.07) is 0. The highest BCUT2D eigenvalue weighted by atomic mass is 32.2. The molecule has 62 valence electrons. The minimum absolute atomic E-state index is 0.156. The zero-order chi connectivity index (χ0) is 7.73. The summed E-state index contributed by atoms with van der Waals surface area (Å²) in [5.41, 5.74) is 0.156. The molecule has 0 N–H and O–H groups in total. The Balaban J connectivity index is 2.12. The lowest BCUT2D eigenvalue weighted by molar-refractivity contribution is -0.120. The third kappa shape index (κ3) is 1.22. The molecule has 1 aliphatic heterocycles. The second-order valence-electron chi connectivity index (χ2n) is 3.73.